The standard InChI is InChI=1S/C28H31FN2O2/c29-11-13-30-12-10-28-22-15-21(32)7-6-19(22)14-24(30)27(28)9-8-23-25(28)20(16-27)17-31(23)26(33)18-4-2-1-3-5-18/h1-7,15,20,23-25,32H,8-14,16-17H2/t20-,23?,24?,25?,27?,28?/m1/s1. The van der Waals surface area contributed by atoms with Gasteiger partial charge in [0.2, 0.25) is 0 Å². The van der Waals surface area contributed by atoms with Gasteiger partial charge in [0.15, 0.2) is 0 Å². The largest absolute Gasteiger partial charge is 0.508 e. The molecule has 4 nitrogen and oxygen atoms in total. The molecule has 7 rings (SSSR count). The number of likely N-dealkylation sites (tertiary alicyclic amines) is 2. The molecule has 0 aromatic heterocycles. The summed E-state index contributed by atoms with van der Waals surface area (Å²) in [7, 11) is 0. The Balaban J connectivity index is 1.36. The van der Waals surface area contributed by atoms with Crippen LogP contribution < -0.4 is 0 Å². The number of phenols is 1. The fourth-order valence-corrected chi connectivity index (χ4v) is 9.45. The summed E-state index contributed by atoms with van der Waals surface area (Å²) in [5, 5.41) is 10.5. The number of carbonyl (C=O) groups is 1. The van der Waals surface area contributed by atoms with Crippen molar-refractivity contribution < 1.29 is 14.3 Å². The number of benzene rings is 2. The van der Waals surface area contributed by atoms with Crippen molar-refractivity contribution in [1.29, 1.82) is 0 Å². The number of rotatable bonds is 3. The van der Waals surface area contributed by atoms with E-state index in [1.165, 1.54) is 11.1 Å². The first-order valence-corrected chi connectivity index (χ1v) is 12.6. The summed E-state index contributed by atoms with van der Waals surface area (Å²) in [4.78, 5) is 18.2. The first-order chi connectivity index (χ1) is 16.1. The average Bonchev–Trinajstić information content (AvgIpc) is 3.28. The number of carbonyl (C=O) groups excluding carboxylic acids is 1. The fourth-order valence-electron chi connectivity index (χ4n) is 9.45. The fraction of sp³-hybridized carbons (Fsp3) is 0.536. The van der Waals surface area contributed by atoms with Crippen LogP contribution in [0, 0.1) is 17.3 Å². The van der Waals surface area contributed by atoms with Gasteiger partial charge in [-0.25, -0.2) is 4.39 Å². The van der Waals surface area contributed by atoms with Gasteiger partial charge in [-0.15, -0.1) is 0 Å². The molecule has 172 valence electrons. The van der Waals surface area contributed by atoms with Crippen molar-refractivity contribution in [3.63, 3.8) is 0 Å². The van der Waals surface area contributed by atoms with Crippen LogP contribution in [-0.2, 0) is 11.8 Å². The van der Waals surface area contributed by atoms with Gasteiger partial charge in [0.05, 0.1) is 0 Å². The van der Waals surface area contributed by atoms with E-state index in [9.17, 15) is 14.3 Å². The highest BCUT2D eigenvalue weighted by atomic mass is 19.1. The Labute approximate surface area is 194 Å². The van der Waals surface area contributed by atoms with Crippen LogP contribution in [0.2, 0.25) is 0 Å². The normalized spacial score (nSPS) is 38.2. The van der Waals surface area contributed by atoms with Crippen LogP contribution in [-0.4, -0.2) is 59.2 Å². The Bertz CT molecular complexity index is 1120. The van der Waals surface area contributed by atoms with Gasteiger partial charge in [-0.2, -0.15) is 0 Å². The molecule has 2 heterocycles. The SMILES string of the molecule is O=C(c1ccccc1)N1C[C@H]2CC34CCC1C2C31CCN(CCF)C4Cc2ccc(O)cc21. The summed E-state index contributed by atoms with van der Waals surface area (Å²) in [6.45, 7) is 1.97. The van der Waals surface area contributed by atoms with Gasteiger partial charge < -0.3 is 10.0 Å². The molecule has 0 spiro atoms. The topological polar surface area (TPSA) is 43.8 Å². The summed E-state index contributed by atoms with van der Waals surface area (Å²) < 4.78 is 13.5. The maximum atomic E-state index is 13.6. The van der Waals surface area contributed by atoms with Crippen molar-refractivity contribution >= 4 is 5.91 Å². The second kappa shape index (κ2) is 6.82. The Morgan fingerprint density at radius 1 is 1.15 bits per heavy atom. The lowest BCUT2D eigenvalue weighted by Gasteiger charge is -2.66. The number of halogens is 1. The van der Waals surface area contributed by atoms with Crippen molar-refractivity contribution in [1.82, 2.24) is 9.80 Å². The number of fused-ring (bicyclic) bond motifs is 1. The highest BCUT2D eigenvalue weighted by Crippen LogP contribution is 2.75. The molecule has 2 saturated heterocycles. The van der Waals surface area contributed by atoms with E-state index >= 15 is 0 Å². The molecule has 33 heavy (non-hydrogen) atoms. The van der Waals surface area contributed by atoms with E-state index in [4.69, 9.17) is 0 Å². The molecule has 3 aliphatic carbocycles. The summed E-state index contributed by atoms with van der Waals surface area (Å²) in [6, 6.07) is 16.3. The van der Waals surface area contributed by atoms with E-state index in [1.807, 2.05) is 42.5 Å². The van der Waals surface area contributed by atoms with Gasteiger partial charge in [-0.05, 0) is 91.3 Å². The van der Waals surface area contributed by atoms with E-state index in [-0.39, 0.29) is 29.5 Å². The Kier molecular flexibility index (Phi) is 4.13. The zero-order valence-corrected chi connectivity index (χ0v) is 18.9. The number of nitrogens with zero attached hydrogens (tertiary/aromatic N) is 2. The third-order valence-electron chi connectivity index (χ3n) is 10.2. The molecule has 6 atom stereocenters. The maximum absolute atomic E-state index is 13.6. The molecule has 4 bridgehead atoms. The number of hydrogen-bond acceptors (Lipinski definition) is 3. The number of alkyl halides is 1. The molecule has 2 aromatic rings. The minimum atomic E-state index is -0.295. The van der Waals surface area contributed by atoms with E-state index in [2.05, 4.69) is 15.9 Å². The van der Waals surface area contributed by atoms with Gasteiger partial charge in [0.25, 0.3) is 5.91 Å². The monoisotopic (exact) mass is 446 g/mol. The molecule has 0 radical (unpaired) electrons. The Morgan fingerprint density at radius 2 is 2.00 bits per heavy atom. The number of aromatic hydroxyl groups is 1. The number of phenolic OH excluding ortho intramolecular Hbond substituents is 1. The molecule has 5 heteroatoms. The van der Waals surface area contributed by atoms with Crippen molar-refractivity contribution in [3.05, 3.63) is 65.2 Å². The van der Waals surface area contributed by atoms with E-state index in [0.717, 1.165) is 50.8 Å². The number of hydrogen-bond donors (Lipinski definition) is 1. The van der Waals surface area contributed by atoms with Crippen LogP contribution in [0.25, 0.3) is 0 Å². The highest BCUT2D eigenvalue weighted by Gasteiger charge is 2.76. The molecule has 5 aliphatic rings. The summed E-state index contributed by atoms with van der Waals surface area (Å²) >= 11 is 0. The Morgan fingerprint density at radius 3 is 2.82 bits per heavy atom. The lowest BCUT2D eigenvalue weighted by molar-refractivity contribution is -0.102. The van der Waals surface area contributed by atoms with Crippen molar-refractivity contribution in [2.45, 2.75) is 49.6 Å². The minimum absolute atomic E-state index is 0.0178. The first kappa shape index (κ1) is 20.0. The second-order valence-corrected chi connectivity index (χ2v) is 11.1. The lowest BCUT2D eigenvalue weighted by Crippen LogP contribution is -2.69. The van der Waals surface area contributed by atoms with Crippen molar-refractivity contribution in [2.24, 2.45) is 17.3 Å². The predicted molar refractivity (Wildman–Crippen MR) is 124 cm³/mol. The minimum Gasteiger partial charge on any atom is -0.508 e. The van der Waals surface area contributed by atoms with Crippen LogP contribution in [0.1, 0.15) is 47.2 Å². The third-order valence-corrected chi connectivity index (χ3v) is 10.2. The van der Waals surface area contributed by atoms with Gasteiger partial charge >= 0.3 is 0 Å². The van der Waals surface area contributed by atoms with E-state index < -0.39 is 0 Å². The number of amides is 1. The van der Waals surface area contributed by atoms with Gasteiger partial charge in [0.1, 0.15) is 12.4 Å². The molecular weight excluding hydrogens is 415 g/mol. The van der Waals surface area contributed by atoms with Gasteiger partial charge in [0, 0.05) is 36.2 Å². The molecule has 2 aromatic carbocycles. The second-order valence-electron chi connectivity index (χ2n) is 11.1. The summed E-state index contributed by atoms with van der Waals surface area (Å²) in [6.07, 6.45) is 5.20. The average molecular weight is 447 g/mol. The lowest BCUT2D eigenvalue weighted by atomic mass is 9.43. The number of piperidine rings is 1. The smallest absolute Gasteiger partial charge is 0.254 e. The molecule has 1 N–H and O–H groups in total. The maximum Gasteiger partial charge on any atom is 0.254 e. The van der Waals surface area contributed by atoms with Crippen LogP contribution in [0.3, 0.4) is 0 Å². The molecular formula is C28H31FN2O2. The van der Waals surface area contributed by atoms with Crippen molar-refractivity contribution in [3.8, 4) is 5.75 Å². The van der Waals surface area contributed by atoms with E-state index in [1.54, 1.807) is 0 Å². The van der Waals surface area contributed by atoms with Crippen LogP contribution in [0.15, 0.2) is 48.5 Å². The quantitative estimate of drug-likeness (QED) is 0.770. The van der Waals surface area contributed by atoms with E-state index in [0.29, 0.717) is 30.2 Å². The van der Waals surface area contributed by atoms with Gasteiger partial charge in [-0.1, -0.05) is 24.3 Å². The van der Waals surface area contributed by atoms with Crippen molar-refractivity contribution in [2.75, 3.05) is 26.3 Å². The molecule has 5 unspecified atom stereocenters. The first-order valence-electron chi connectivity index (χ1n) is 12.6. The molecule has 4 fully saturated rings. The zero-order chi connectivity index (χ0) is 22.4. The predicted octanol–water partition coefficient (Wildman–Crippen LogP) is 4.17. The molecule has 2 saturated carbocycles. The summed E-state index contributed by atoms with van der Waals surface area (Å²) in [5.41, 5.74) is 3.56. The van der Waals surface area contributed by atoms with Crippen LogP contribution in [0.4, 0.5) is 4.39 Å². The molecule has 1 amide bonds. The molecule has 2 aliphatic heterocycles. The summed E-state index contributed by atoms with van der Waals surface area (Å²) in [5.74, 6) is 1.41. The van der Waals surface area contributed by atoms with Crippen LogP contribution in [0.5, 0.6) is 5.75 Å². The van der Waals surface area contributed by atoms with Gasteiger partial charge in [-0.3, -0.25) is 9.69 Å². The van der Waals surface area contributed by atoms with Crippen LogP contribution >= 0.6 is 0 Å². The third kappa shape index (κ3) is 2.37. The highest BCUT2D eigenvalue weighted by molar-refractivity contribution is 5.94. The Hall–Kier alpha value is -2.40. The zero-order valence-electron chi connectivity index (χ0n) is 18.9.